The van der Waals surface area contributed by atoms with E-state index in [2.05, 4.69) is 16.0 Å². The summed E-state index contributed by atoms with van der Waals surface area (Å²) in [5, 5.41) is 39.0. The second-order valence-corrected chi connectivity index (χ2v) is 10.2. The summed E-state index contributed by atoms with van der Waals surface area (Å²) in [6, 6.07) is 15.6. The number of carbonyl (C=O) groups excluding carboxylic acids is 2. The molecular formula is C30H37N3O5. The summed E-state index contributed by atoms with van der Waals surface area (Å²) in [4.78, 5) is 23.5. The van der Waals surface area contributed by atoms with E-state index in [4.69, 9.17) is 0 Å². The van der Waals surface area contributed by atoms with Gasteiger partial charge in [-0.25, -0.2) is 0 Å². The minimum Gasteiger partial charge on any atom is -0.508 e. The van der Waals surface area contributed by atoms with Crippen molar-refractivity contribution in [2.75, 3.05) is 18.4 Å². The van der Waals surface area contributed by atoms with E-state index < -0.39 is 6.10 Å². The molecule has 2 amide bonds. The summed E-state index contributed by atoms with van der Waals surface area (Å²) < 4.78 is 0. The van der Waals surface area contributed by atoms with Gasteiger partial charge < -0.3 is 31.3 Å². The molecule has 0 spiro atoms. The monoisotopic (exact) mass is 519 g/mol. The molecule has 0 bridgehead atoms. The lowest BCUT2D eigenvalue weighted by molar-refractivity contribution is -0.105. The molecule has 1 atom stereocenters. The Bertz CT molecular complexity index is 1290. The highest BCUT2D eigenvalue weighted by atomic mass is 16.3. The third kappa shape index (κ3) is 7.57. The van der Waals surface area contributed by atoms with Gasteiger partial charge in [-0.05, 0) is 98.7 Å². The largest absolute Gasteiger partial charge is 0.508 e. The Morgan fingerprint density at radius 3 is 2.47 bits per heavy atom. The molecule has 3 aromatic carbocycles. The van der Waals surface area contributed by atoms with Crippen LogP contribution < -0.4 is 16.0 Å². The van der Waals surface area contributed by atoms with Crippen molar-refractivity contribution in [1.82, 2.24) is 10.6 Å². The van der Waals surface area contributed by atoms with Crippen molar-refractivity contribution in [1.29, 1.82) is 0 Å². The van der Waals surface area contributed by atoms with Crippen molar-refractivity contribution >= 4 is 18.0 Å². The molecule has 0 aliphatic rings. The van der Waals surface area contributed by atoms with E-state index in [0.717, 1.165) is 22.3 Å². The van der Waals surface area contributed by atoms with Gasteiger partial charge in [0.2, 0.25) is 6.41 Å². The Morgan fingerprint density at radius 2 is 1.74 bits per heavy atom. The van der Waals surface area contributed by atoms with Crippen molar-refractivity contribution in [3.05, 3.63) is 88.0 Å². The van der Waals surface area contributed by atoms with Crippen LogP contribution in [0.5, 0.6) is 11.5 Å². The highest BCUT2D eigenvalue weighted by molar-refractivity contribution is 5.94. The molecule has 6 N–H and O–H groups in total. The second kappa shape index (κ2) is 12.6. The number of phenols is 2. The Labute approximate surface area is 223 Å². The second-order valence-electron chi connectivity index (χ2n) is 10.2. The predicted molar refractivity (Wildman–Crippen MR) is 149 cm³/mol. The van der Waals surface area contributed by atoms with E-state index in [9.17, 15) is 24.9 Å². The quantitative estimate of drug-likeness (QED) is 0.159. The van der Waals surface area contributed by atoms with Crippen LogP contribution in [0.1, 0.15) is 58.1 Å². The van der Waals surface area contributed by atoms with Gasteiger partial charge in [-0.3, -0.25) is 9.59 Å². The fourth-order valence-corrected chi connectivity index (χ4v) is 4.37. The lowest BCUT2D eigenvalue weighted by Gasteiger charge is -2.28. The number of benzene rings is 3. The van der Waals surface area contributed by atoms with Crippen LogP contribution in [-0.2, 0) is 17.6 Å². The smallest absolute Gasteiger partial charge is 0.251 e. The highest BCUT2D eigenvalue weighted by Gasteiger charge is 2.21. The number of phenolic OH excluding ortho intramolecular Hbond substituents is 2. The summed E-state index contributed by atoms with van der Waals surface area (Å²) >= 11 is 0. The van der Waals surface area contributed by atoms with E-state index in [0.29, 0.717) is 36.9 Å². The Hall–Kier alpha value is -3.88. The molecule has 0 saturated heterocycles. The molecule has 38 heavy (non-hydrogen) atoms. The molecule has 8 heteroatoms. The third-order valence-corrected chi connectivity index (χ3v) is 6.78. The van der Waals surface area contributed by atoms with Crippen molar-refractivity contribution < 1.29 is 24.9 Å². The topological polar surface area (TPSA) is 131 Å². The van der Waals surface area contributed by atoms with Crippen LogP contribution in [-0.4, -0.2) is 46.3 Å². The predicted octanol–water partition coefficient (Wildman–Crippen LogP) is 3.90. The molecular weight excluding hydrogens is 482 g/mol. The van der Waals surface area contributed by atoms with Gasteiger partial charge in [-0.2, -0.15) is 0 Å². The zero-order valence-electron chi connectivity index (χ0n) is 22.3. The molecule has 0 fully saturated rings. The van der Waals surface area contributed by atoms with Crippen molar-refractivity contribution in [2.24, 2.45) is 0 Å². The van der Waals surface area contributed by atoms with Gasteiger partial charge in [-0.1, -0.05) is 24.3 Å². The number of aliphatic hydroxyl groups is 1. The Kier molecular flexibility index (Phi) is 9.50. The summed E-state index contributed by atoms with van der Waals surface area (Å²) in [5.41, 5.74) is 4.95. The molecule has 0 heterocycles. The molecule has 0 aliphatic heterocycles. The first kappa shape index (κ1) is 28.7. The van der Waals surface area contributed by atoms with Crippen LogP contribution in [0.4, 0.5) is 5.69 Å². The highest BCUT2D eigenvalue weighted by Crippen LogP contribution is 2.27. The van der Waals surface area contributed by atoms with Gasteiger partial charge >= 0.3 is 0 Å². The van der Waals surface area contributed by atoms with E-state index in [1.54, 1.807) is 18.2 Å². The number of nitrogens with one attached hydrogen (secondary N) is 3. The summed E-state index contributed by atoms with van der Waals surface area (Å²) in [7, 11) is 0. The number of anilines is 1. The summed E-state index contributed by atoms with van der Waals surface area (Å²) in [5.74, 6) is 0.0597. The molecule has 3 rings (SSSR count). The number of β-amino-alcohol motifs (C(OH)–C–C–N with tert-alkyl or cyclic N) is 1. The first-order valence-electron chi connectivity index (χ1n) is 12.6. The SMILES string of the molecule is Cc1c(O)ccc(CCNC(=O)c2cccc(CC(C)(C)NC[C@H](O)c3ccc(O)c(NC=O)c3)c2)c1C. The van der Waals surface area contributed by atoms with Crippen LogP contribution in [0.15, 0.2) is 54.6 Å². The maximum Gasteiger partial charge on any atom is 0.251 e. The van der Waals surface area contributed by atoms with E-state index in [1.165, 1.54) is 12.1 Å². The van der Waals surface area contributed by atoms with Crippen molar-refractivity contribution in [3.8, 4) is 11.5 Å². The van der Waals surface area contributed by atoms with Gasteiger partial charge in [0.05, 0.1) is 11.8 Å². The molecule has 0 saturated carbocycles. The van der Waals surface area contributed by atoms with Gasteiger partial charge in [0.25, 0.3) is 5.91 Å². The van der Waals surface area contributed by atoms with Crippen LogP contribution in [0.3, 0.4) is 0 Å². The van der Waals surface area contributed by atoms with Gasteiger partial charge in [0.15, 0.2) is 0 Å². The van der Waals surface area contributed by atoms with Crippen LogP contribution in [0, 0.1) is 13.8 Å². The van der Waals surface area contributed by atoms with Crippen LogP contribution >= 0.6 is 0 Å². The van der Waals surface area contributed by atoms with Crippen molar-refractivity contribution in [2.45, 2.75) is 52.2 Å². The normalized spacial score (nSPS) is 12.1. The summed E-state index contributed by atoms with van der Waals surface area (Å²) in [6.45, 7) is 8.63. The number of aliphatic hydroxyl groups excluding tert-OH is 1. The first-order valence-corrected chi connectivity index (χ1v) is 12.6. The van der Waals surface area contributed by atoms with Crippen LogP contribution in [0.2, 0.25) is 0 Å². The first-order chi connectivity index (χ1) is 18.0. The Balaban J connectivity index is 1.55. The van der Waals surface area contributed by atoms with Crippen LogP contribution in [0.25, 0.3) is 0 Å². The minimum atomic E-state index is -0.847. The van der Waals surface area contributed by atoms with Crippen molar-refractivity contribution in [3.63, 3.8) is 0 Å². The standard InChI is InChI=1S/C30H37N3O5/c1-19-20(2)26(35)10-8-22(19)12-13-31-29(38)24-7-5-6-21(14-24)16-30(3,4)33-17-28(37)23-9-11-27(36)25(15-23)32-18-34/h5-11,14-15,18,28,33,35-37H,12-13,16-17H2,1-4H3,(H,31,38)(H,32,34)/t28-/m0/s1. The van der Waals surface area contributed by atoms with Gasteiger partial charge in [0, 0.05) is 24.2 Å². The molecule has 0 radical (unpaired) electrons. The summed E-state index contributed by atoms with van der Waals surface area (Å²) in [6.07, 6.45) is 0.921. The zero-order valence-corrected chi connectivity index (χ0v) is 22.3. The fraction of sp³-hybridized carbons (Fsp3) is 0.333. The van der Waals surface area contributed by atoms with Gasteiger partial charge in [-0.15, -0.1) is 0 Å². The maximum absolute atomic E-state index is 12.8. The number of aromatic hydroxyl groups is 2. The molecule has 8 nitrogen and oxygen atoms in total. The number of hydrogen-bond acceptors (Lipinski definition) is 6. The number of amides is 2. The number of carbonyl (C=O) groups is 2. The molecule has 0 aromatic heterocycles. The Morgan fingerprint density at radius 1 is 1.00 bits per heavy atom. The average Bonchev–Trinajstić information content (AvgIpc) is 2.88. The van der Waals surface area contributed by atoms with Gasteiger partial charge in [0.1, 0.15) is 11.5 Å². The zero-order chi connectivity index (χ0) is 27.9. The maximum atomic E-state index is 12.8. The fourth-order valence-electron chi connectivity index (χ4n) is 4.37. The number of rotatable bonds is 12. The lowest BCUT2D eigenvalue weighted by atomic mass is 9.93. The molecule has 3 aromatic rings. The number of hydrogen-bond donors (Lipinski definition) is 6. The van der Waals surface area contributed by atoms with E-state index in [1.807, 2.05) is 52.0 Å². The van der Waals surface area contributed by atoms with E-state index >= 15 is 0 Å². The minimum absolute atomic E-state index is 0.0733. The molecule has 0 aliphatic carbocycles. The average molecular weight is 520 g/mol. The van der Waals surface area contributed by atoms with E-state index in [-0.39, 0.29) is 35.2 Å². The molecule has 202 valence electrons. The third-order valence-electron chi connectivity index (χ3n) is 6.78. The lowest BCUT2D eigenvalue weighted by Crippen LogP contribution is -2.43. The molecule has 0 unspecified atom stereocenters.